The van der Waals surface area contributed by atoms with Crippen LogP contribution in [0.15, 0.2) is 42.6 Å². The minimum atomic E-state index is -4.64. The van der Waals surface area contributed by atoms with Crippen LogP contribution in [0, 0.1) is 6.92 Å². The van der Waals surface area contributed by atoms with Gasteiger partial charge in [0.25, 0.3) is 0 Å². The van der Waals surface area contributed by atoms with Crippen LogP contribution in [0.4, 0.5) is 23.7 Å². The Kier molecular flexibility index (Phi) is 6.44. The van der Waals surface area contributed by atoms with E-state index < -0.39 is 17.9 Å². The molecule has 0 unspecified atom stereocenters. The van der Waals surface area contributed by atoms with E-state index in [9.17, 15) is 18.0 Å². The van der Waals surface area contributed by atoms with Gasteiger partial charge in [0.2, 0.25) is 0 Å². The Balaban J connectivity index is 1.80. The van der Waals surface area contributed by atoms with Crippen molar-refractivity contribution in [1.82, 2.24) is 20.1 Å². The first-order chi connectivity index (χ1) is 14.7. The van der Waals surface area contributed by atoms with E-state index in [4.69, 9.17) is 9.84 Å². The Hall–Kier alpha value is -3.60. The van der Waals surface area contributed by atoms with Crippen molar-refractivity contribution in [2.24, 2.45) is 0 Å². The van der Waals surface area contributed by atoms with Crippen molar-refractivity contribution in [1.29, 1.82) is 0 Å². The van der Waals surface area contributed by atoms with Gasteiger partial charge in [-0.1, -0.05) is 0 Å². The second kappa shape index (κ2) is 9.04. The summed E-state index contributed by atoms with van der Waals surface area (Å²) < 4.78 is 46.0. The summed E-state index contributed by atoms with van der Waals surface area (Å²) in [5.74, 6) is 0.590. The van der Waals surface area contributed by atoms with Gasteiger partial charge < -0.3 is 20.5 Å². The van der Waals surface area contributed by atoms with Crippen LogP contribution in [0.3, 0.4) is 0 Å². The molecule has 0 radical (unpaired) electrons. The van der Waals surface area contributed by atoms with E-state index in [1.807, 2.05) is 0 Å². The second-order valence-electron chi connectivity index (χ2n) is 6.59. The van der Waals surface area contributed by atoms with E-state index in [0.717, 1.165) is 16.3 Å². The summed E-state index contributed by atoms with van der Waals surface area (Å²) in [6, 6.07) is 8.19. The third-order valence-electron chi connectivity index (χ3n) is 4.37. The maximum Gasteiger partial charge on any atom is 0.435 e. The average molecular weight is 435 g/mol. The summed E-state index contributed by atoms with van der Waals surface area (Å²) in [6.45, 7) is 1.32. The summed E-state index contributed by atoms with van der Waals surface area (Å²) in [6.07, 6.45) is -3.28. The quantitative estimate of drug-likeness (QED) is 0.551. The van der Waals surface area contributed by atoms with E-state index >= 15 is 0 Å². The summed E-state index contributed by atoms with van der Waals surface area (Å²) in [4.78, 5) is 16.1. The molecule has 0 bridgehead atoms. The number of methoxy groups -OCH3 is 1. The maximum absolute atomic E-state index is 13.2. The molecule has 8 nitrogen and oxygen atoms in total. The lowest BCUT2D eigenvalue weighted by molar-refractivity contribution is -0.141. The molecule has 2 amide bonds. The van der Waals surface area contributed by atoms with Gasteiger partial charge >= 0.3 is 12.2 Å². The number of amides is 2. The fourth-order valence-corrected chi connectivity index (χ4v) is 2.84. The van der Waals surface area contributed by atoms with Crippen LogP contribution in [0.2, 0.25) is 0 Å². The fourth-order valence-electron chi connectivity index (χ4n) is 2.84. The molecule has 3 aromatic rings. The molecule has 0 spiro atoms. The van der Waals surface area contributed by atoms with Crippen LogP contribution in [-0.4, -0.2) is 33.0 Å². The number of nitrogens with zero attached hydrogens (tertiary/aromatic N) is 3. The molecule has 1 aromatic carbocycles. The SMILES string of the molecule is COc1ccc(-n2nc(C(F)(F)F)cc2CNC(=O)Nc2ccc(CO)nc2)cc1C. The molecule has 0 saturated carbocycles. The molecular formula is C20H20F3N5O3. The Morgan fingerprint density at radius 3 is 2.58 bits per heavy atom. The van der Waals surface area contributed by atoms with Gasteiger partial charge in [-0.2, -0.15) is 18.3 Å². The van der Waals surface area contributed by atoms with Gasteiger partial charge in [-0.15, -0.1) is 0 Å². The number of pyridine rings is 1. The number of rotatable bonds is 6. The van der Waals surface area contributed by atoms with Gasteiger partial charge in [-0.3, -0.25) is 4.98 Å². The zero-order valence-electron chi connectivity index (χ0n) is 16.7. The minimum absolute atomic E-state index is 0.140. The second-order valence-corrected chi connectivity index (χ2v) is 6.59. The predicted octanol–water partition coefficient (Wildman–Crippen LogP) is 3.42. The van der Waals surface area contributed by atoms with Gasteiger partial charge in [0.1, 0.15) is 5.75 Å². The maximum atomic E-state index is 13.2. The number of halogens is 3. The molecule has 164 valence electrons. The standard InChI is InChI=1S/C20H20F3N5O3/c1-12-7-15(5-6-17(12)31-2)28-16(8-18(27-28)20(21,22)23)10-25-19(30)26-13-3-4-14(11-29)24-9-13/h3-9,29H,10-11H2,1-2H3,(H2,25,26,30). The Morgan fingerprint density at radius 2 is 2.00 bits per heavy atom. The molecule has 11 heteroatoms. The Bertz CT molecular complexity index is 1060. The van der Waals surface area contributed by atoms with Crippen LogP contribution in [0.1, 0.15) is 22.6 Å². The first-order valence-corrected chi connectivity index (χ1v) is 9.13. The molecule has 3 rings (SSSR count). The zero-order chi connectivity index (χ0) is 22.6. The Morgan fingerprint density at radius 1 is 1.23 bits per heavy atom. The van der Waals surface area contributed by atoms with Crippen molar-refractivity contribution in [3.8, 4) is 11.4 Å². The molecule has 0 aliphatic rings. The minimum Gasteiger partial charge on any atom is -0.496 e. The number of anilines is 1. The van der Waals surface area contributed by atoms with Gasteiger partial charge in [-0.05, 0) is 48.9 Å². The number of aliphatic hydroxyl groups excluding tert-OH is 1. The van der Waals surface area contributed by atoms with E-state index in [1.54, 1.807) is 31.2 Å². The average Bonchev–Trinajstić information content (AvgIpc) is 3.17. The fraction of sp³-hybridized carbons (Fsp3) is 0.250. The molecule has 2 heterocycles. The smallest absolute Gasteiger partial charge is 0.435 e. The number of carbonyl (C=O) groups is 1. The number of hydrogen-bond donors (Lipinski definition) is 3. The Labute approximate surface area is 175 Å². The van der Waals surface area contributed by atoms with Crippen LogP contribution in [0.25, 0.3) is 5.69 Å². The lowest BCUT2D eigenvalue weighted by Gasteiger charge is -2.12. The number of alkyl halides is 3. The highest BCUT2D eigenvalue weighted by Crippen LogP contribution is 2.30. The molecule has 0 atom stereocenters. The third kappa shape index (κ3) is 5.31. The van der Waals surface area contributed by atoms with Crippen LogP contribution in [0.5, 0.6) is 5.75 Å². The van der Waals surface area contributed by atoms with Crippen molar-refractivity contribution >= 4 is 11.7 Å². The van der Waals surface area contributed by atoms with Gasteiger partial charge in [-0.25, -0.2) is 9.48 Å². The number of ether oxygens (including phenoxy) is 1. The molecule has 0 aliphatic heterocycles. The molecular weight excluding hydrogens is 415 g/mol. The highest BCUT2D eigenvalue weighted by Gasteiger charge is 2.35. The third-order valence-corrected chi connectivity index (χ3v) is 4.37. The monoisotopic (exact) mass is 435 g/mol. The van der Waals surface area contributed by atoms with Crippen molar-refractivity contribution in [3.63, 3.8) is 0 Å². The number of hydrogen-bond acceptors (Lipinski definition) is 5. The predicted molar refractivity (Wildman–Crippen MR) is 106 cm³/mol. The van der Waals surface area contributed by atoms with E-state index in [1.165, 1.54) is 19.4 Å². The van der Waals surface area contributed by atoms with Crippen molar-refractivity contribution < 1.29 is 27.8 Å². The zero-order valence-corrected chi connectivity index (χ0v) is 16.7. The van der Waals surface area contributed by atoms with E-state index in [2.05, 4.69) is 20.7 Å². The van der Waals surface area contributed by atoms with Gasteiger partial charge in [0.15, 0.2) is 5.69 Å². The first kappa shape index (κ1) is 22.1. The molecule has 0 fully saturated rings. The summed E-state index contributed by atoms with van der Waals surface area (Å²) in [5.41, 5.74) is 0.992. The van der Waals surface area contributed by atoms with Crippen LogP contribution < -0.4 is 15.4 Å². The highest BCUT2D eigenvalue weighted by molar-refractivity contribution is 5.88. The molecule has 2 aromatic heterocycles. The van der Waals surface area contributed by atoms with Crippen molar-refractivity contribution in [2.75, 3.05) is 12.4 Å². The molecule has 31 heavy (non-hydrogen) atoms. The normalized spacial score (nSPS) is 11.3. The van der Waals surface area contributed by atoms with Crippen molar-refractivity contribution in [2.45, 2.75) is 26.3 Å². The lowest BCUT2D eigenvalue weighted by Crippen LogP contribution is -2.29. The number of aromatic nitrogens is 3. The lowest BCUT2D eigenvalue weighted by atomic mass is 10.2. The van der Waals surface area contributed by atoms with Gasteiger partial charge in [0.05, 0.1) is 49.2 Å². The molecule has 3 N–H and O–H groups in total. The topological polar surface area (TPSA) is 101 Å². The van der Waals surface area contributed by atoms with Crippen LogP contribution >= 0.6 is 0 Å². The molecule has 0 saturated heterocycles. The van der Waals surface area contributed by atoms with Gasteiger partial charge in [0, 0.05) is 0 Å². The summed E-state index contributed by atoms with van der Waals surface area (Å²) >= 11 is 0. The largest absolute Gasteiger partial charge is 0.496 e. The summed E-state index contributed by atoms with van der Waals surface area (Å²) in [5, 5.41) is 17.7. The number of carbonyl (C=O) groups excluding carboxylic acids is 1. The number of urea groups is 1. The number of nitrogens with one attached hydrogen (secondary N) is 2. The summed E-state index contributed by atoms with van der Waals surface area (Å²) in [7, 11) is 1.50. The number of benzene rings is 1. The van der Waals surface area contributed by atoms with E-state index in [0.29, 0.717) is 22.8 Å². The number of aliphatic hydroxyl groups is 1. The number of aryl methyl sites for hydroxylation is 1. The van der Waals surface area contributed by atoms with Crippen LogP contribution in [-0.2, 0) is 19.3 Å². The molecule has 0 aliphatic carbocycles. The van der Waals surface area contributed by atoms with Crippen molar-refractivity contribution in [3.05, 3.63) is 65.2 Å². The highest BCUT2D eigenvalue weighted by atomic mass is 19.4. The van der Waals surface area contributed by atoms with E-state index in [-0.39, 0.29) is 18.8 Å². The first-order valence-electron chi connectivity index (χ1n) is 9.13.